The first-order valence-corrected chi connectivity index (χ1v) is 10.9. The lowest BCUT2D eigenvalue weighted by Crippen LogP contribution is -2.40. The molecule has 0 aliphatic carbocycles. The smallest absolute Gasteiger partial charge is 0.243 e. The van der Waals surface area contributed by atoms with E-state index in [1.807, 2.05) is 18.2 Å². The van der Waals surface area contributed by atoms with Gasteiger partial charge in [-0.2, -0.15) is 4.31 Å². The molecule has 0 aromatic heterocycles. The van der Waals surface area contributed by atoms with Crippen molar-refractivity contribution in [1.29, 1.82) is 0 Å². The fourth-order valence-corrected chi connectivity index (χ4v) is 4.94. The molecule has 1 aliphatic heterocycles. The van der Waals surface area contributed by atoms with E-state index in [2.05, 4.69) is 5.32 Å². The van der Waals surface area contributed by atoms with Gasteiger partial charge in [0.1, 0.15) is 0 Å². The highest BCUT2D eigenvalue weighted by atomic mass is 35.5. The molecule has 0 bridgehead atoms. The summed E-state index contributed by atoms with van der Waals surface area (Å²) in [6.07, 6.45) is 0.763. The zero-order chi connectivity index (χ0) is 20.1. The number of halogens is 1. The van der Waals surface area contributed by atoms with E-state index in [0.717, 1.165) is 5.56 Å². The Morgan fingerprint density at radius 1 is 1.18 bits per heavy atom. The van der Waals surface area contributed by atoms with Crippen LogP contribution in [0.15, 0.2) is 47.4 Å². The molecule has 0 atom stereocenters. The third-order valence-corrected chi connectivity index (χ3v) is 7.05. The number of aryl methyl sites for hydroxylation is 2. The van der Waals surface area contributed by atoms with Crippen LogP contribution in [0.3, 0.4) is 0 Å². The van der Waals surface area contributed by atoms with Crippen molar-refractivity contribution in [3.05, 3.63) is 58.6 Å². The van der Waals surface area contributed by atoms with Gasteiger partial charge in [-0.3, -0.25) is 4.79 Å². The van der Waals surface area contributed by atoms with E-state index in [1.54, 1.807) is 25.1 Å². The molecule has 1 heterocycles. The summed E-state index contributed by atoms with van der Waals surface area (Å²) in [5, 5.41) is 3.41. The third kappa shape index (κ3) is 4.91. The van der Waals surface area contributed by atoms with Gasteiger partial charge in [-0.25, -0.2) is 8.42 Å². The number of carbonyl (C=O) groups excluding carboxylic acids is 1. The maximum Gasteiger partial charge on any atom is 0.243 e. The van der Waals surface area contributed by atoms with Crippen molar-refractivity contribution in [2.45, 2.75) is 24.7 Å². The van der Waals surface area contributed by atoms with Crippen molar-refractivity contribution in [2.24, 2.45) is 0 Å². The Morgan fingerprint density at radius 2 is 1.89 bits per heavy atom. The standard InChI is InChI=1S/C20H23ClN2O4S/c1-15-6-8-17(14-19(15)28(25,26)23-10-12-27-13-11-23)22-20(24)9-7-16-4-2-3-5-18(16)21/h2-6,8,14H,7,9-13H2,1H3,(H,22,24). The summed E-state index contributed by atoms with van der Waals surface area (Å²) in [6, 6.07) is 12.3. The molecule has 0 unspecified atom stereocenters. The quantitative estimate of drug-likeness (QED) is 0.775. The average molecular weight is 423 g/mol. The third-order valence-electron chi connectivity index (χ3n) is 4.64. The Bertz CT molecular complexity index is 956. The molecular formula is C20H23ClN2O4S. The normalized spacial score (nSPS) is 15.4. The number of hydrogen-bond donors (Lipinski definition) is 1. The maximum atomic E-state index is 12.9. The Labute approximate surface area is 170 Å². The van der Waals surface area contributed by atoms with Crippen LogP contribution in [0, 0.1) is 6.92 Å². The molecule has 1 aliphatic rings. The molecule has 1 amide bonds. The summed E-state index contributed by atoms with van der Waals surface area (Å²) >= 11 is 6.12. The van der Waals surface area contributed by atoms with Crippen LogP contribution in [0.5, 0.6) is 0 Å². The Morgan fingerprint density at radius 3 is 2.61 bits per heavy atom. The molecule has 0 saturated carbocycles. The van der Waals surface area contributed by atoms with Crippen LogP contribution in [-0.4, -0.2) is 44.9 Å². The largest absolute Gasteiger partial charge is 0.379 e. The van der Waals surface area contributed by atoms with Crippen LogP contribution in [0.4, 0.5) is 5.69 Å². The topological polar surface area (TPSA) is 75.7 Å². The number of nitrogens with zero attached hydrogens (tertiary/aromatic N) is 1. The molecule has 1 fully saturated rings. The molecule has 6 nitrogen and oxygen atoms in total. The molecule has 0 radical (unpaired) electrons. The molecule has 1 N–H and O–H groups in total. The summed E-state index contributed by atoms with van der Waals surface area (Å²) in [6.45, 7) is 3.18. The van der Waals surface area contributed by atoms with Crippen LogP contribution in [0.2, 0.25) is 5.02 Å². The summed E-state index contributed by atoms with van der Waals surface area (Å²) in [5.41, 5.74) is 2.00. The van der Waals surface area contributed by atoms with E-state index >= 15 is 0 Å². The monoisotopic (exact) mass is 422 g/mol. The zero-order valence-corrected chi connectivity index (χ0v) is 17.2. The molecule has 8 heteroatoms. The average Bonchev–Trinajstić information content (AvgIpc) is 2.69. The fraction of sp³-hybridized carbons (Fsp3) is 0.350. The molecule has 3 rings (SSSR count). The highest BCUT2D eigenvalue weighted by molar-refractivity contribution is 7.89. The predicted molar refractivity (Wildman–Crippen MR) is 109 cm³/mol. The van der Waals surface area contributed by atoms with Crippen LogP contribution >= 0.6 is 11.6 Å². The number of sulfonamides is 1. The lowest BCUT2D eigenvalue weighted by molar-refractivity contribution is -0.116. The SMILES string of the molecule is Cc1ccc(NC(=O)CCc2ccccc2Cl)cc1S(=O)(=O)N1CCOCC1. The molecule has 28 heavy (non-hydrogen) atoms. The second kappa shape index (κ2) is 9.05. The Hall–Kier alpha value is -1.93. The number of amides is 1. The van der Waals surface area contributed by atoms with E-state index in [-0.39, 0.29) is 17.2 Å². The van der Waals surface area contributed by atoms with Crippen molar-refractivity contribution >= 4 is 33.2 Å². The number of anilines is 1. The Balaban J connectivity index is 1.70. The van der Waals surface area contributed by atoms with Gasteiger partial charge in [0, 0.05) is 30.2 Å². The number of benzene rings is 2. The van der Waals surface area contributed by atoms with Crippen molar-refractivity contribution < 1.29 is 17.9 Å². The lowest BCUT2D eigenvalue weighted by atomic mass is 10.1. The van der Waals surface area contributed by atoms with Gasteiger partial charge in [-0.05, 0) is 42.7 Å². The number of rotatable bonds is 6. The van der Waals surface area contributed by atoms with E-state index < -0.39 is 10.0 Å². The van der Waals surface area contributed by atoms with Gasteiger partial charge in [-0.1, -0.05) is 35.9 Å². The molecule has 1 saturated heterocycles. The van der Waals surface area contributed by atoms with Crippen LogP contribution in [0.25, 0.3) is 0 Å². The highest BCUT2D eigenvalue weighted by Gasteiger charge is 2.28. The minimum absolute atomic E-state index is 0.196. The van der Waals surface area contributed by atoms with E-state index in [9.17, 15) is 13.2 Å². The van der Waals surface area contributed by atoms with Gasteiger partial charge < -0.3 is 10.1 Å². The van der Waals surface area contributed by atoms with Gasteiger partial charge in [-0.15, -0.1) is 0 Å². The Kier molecular flexibility index (Phi) is 6.72. The minimum atomic E-state index is -3.63. The van der Waals surface area contributed by atoms with E-state index in [0.29, 0.717) is 49.0 Å². The second-order valence-corrected chi connectivity index (χ2v) is 8.95. The van der Waals surface area contributed by atoms with Crippen molar-refractivity contribution in [3.8, 4) is 0 Å². The predicted octanol–water partition coefficient (Wildman–Crippen LogP) is 3.24. The van der Waals surface area contributed by atoms with Crippen LogP contribution in [-0.2, 0) is 26.0 Å². The summed E-state index contributed by atoms with van der Waals surface area (Å²) in [7, 11) is -3.63. The molecule has 2 aromatic rings. The summed E-state index contributed by atoms with van der Waals surface area (Å²) in [5.74, 6) is -0.196. The summed E-state index contributed by atoms with van der Waals surface area (Å²) in [4.78, 5) is 12.5. The van der Waals surface area contributed by atoms with Gasteiger partial charge in [0.25, 0.3) is 0 Å². The van der Waals surface area contributed by atoms with Gasteiger partial charge in [0.05, 0.1) is 18.1 Å². The fourth-order valence-electron chi connectivity index (χ4n) is 3.05. The molecule has 150 valence electrons. The molecular weight excluding hydrogens is 400 g/mol. The van der Waals surface area contributed by atoms with Crippen molar-refractivity contribution in [2.75, 3.05) is 31.6 Å². The lowest BCUT2D eigenvalue weighted by Gasteiger charge is -2.26. The van der Waals surface area contributed by atoms with Gasteiger partial charge in [0.15, 0.2) is 0 Å². The van der Waals surface area contributed by atoms with Gasteiger partial charge in [0.2, 0.25) is 15.9 Å². The van der Waals surface area contributed by atoms with E-state index in [1.165, 1.54) is 10.4 Å². The molecule has 0 spiro atoms. The number of carbonyl (C=O) groups is 1. The first-order valence-electron chi connectivity index (χ1n) is 9.10. The van der Waals surface area contributed by atoms with Gasteiger partial charge >= 0.3 is 0 Å². The minimum Gasteiger partial charge on any atom is -0.379 e. The molecule has 2 aromatic carbocycles. The van der Waals surface area contributed by atoms with Crippen LogP contribution in [0.1, 0.15) is 17.5 Å². The number of ether oxygens (including phenoxy) is 1. The van der Waals surface area contributed by atoms with Crippen molar-refractivity contribution in [3.63, 3.8) is 0 Å². The number of morpholine rings is 1. The maximum absolute atomic E-state index is 12.9. The second-order valence-electron chi connectivity index (χ2n) is 6.64. The number of nitrogens with one attached hydrogen (secondary N) is 1. The highest BCUT2D eigenvalue weighted by Crippen LogP contribution is 2.25. The number of hydrogen-bond acceptors (Lipinski definition) is 4. The first-order chi connectivity index (χ1) is 13.4. The van der Waals surface area contributed by atoms with Crippen molar-refractivity contribution in [1.82, 2.24) is 4.31 Å². The first kappa shape index (κ1) is 20.8. The summed E-state index contributed by atoms with van der Waals surface area (Å²) < 4.78 is 32.5. The zero-order valence-electron chi connectivity index (χ0n) is 15.7. The van der Waals surface area contributed by atoms with Crippen LogP contribution < -0.4 is 5.32 Å². The van der Waals surface area contributed by atoms with E-state index in [4.69, 9.17) is 16.3 Å².